The number of nitrogens with zero attached hydrogens (tertiary/aromatic N) is 1. The van der Waals surface area contributed by atoms with Gasteiger partial charge >= 0.3 is 0 Å². The van der Waals surface area contributed by atoms with Gasteiger partial charge in [0.25, 0.3) is 0 Å². The van der Waals surface area contributed by atoms with Gasteiger partial charge in [-0.05, 0) is 35.7 Å². The first-order valence-corrected chi connectivity index (χ1v) is 10.7. The molecular weight excluding hydrogens is 390 g/mol. The van der Waals surface area contributed by atoms with E-state index in [1.807, 2.05) is 44.2 Å². The SMILES string of the molecule is CC(=O)NC(C(=O)Nc1ccc(S(=O)(=O)N(C)Cc2ccccc2)cc1)C(C)C. The van der Waals surface area contributed by atoms with E-state index >= 15 is 0 Å². The highest BCUT2D eigenvalue weighted by Gasteiger charge is 2.24. The zero-order valence-electron chi connectivity index (χ0n) is 17.0. The van der Waals surface area contributed by atoms with E-state index in [0.29, 0.717) is 5.69 Å². The average molecular weight is 418 g/mol. The van der Waals surface area contributed by atoms with Gasteiger partial charge in [-0.25, -0.2) is 8.42 Å². The monoisotopic (exact) mass is 417 g/mol. The first kappa shape index (κ1) is 22.6. The molecule has 8 heteroatoms. The lowest BCUT2D eigenvalue weighted by molar-refractivity contribution is -0.126. The molecule has 2 aromatic rings. The molecule has 0 radical (unpaired) electrons. The Morgan fingerprint density at radius 1 is 1.00 bits per heavy atom. The summed E-state index contributed by atoms with van der Waals surface area (Å²) >= 11 is 0. The van der Waals surface area contributed by atoms with E-state index < -0.39 is 16.1 Å². The van der Waals surface area contributed by atoms with Crippen molar-refractivity contribution in [1.29, 1.82) is 0 Å². The summed E-state index contributed by atoms with van der Waals surface area (Å²) in [5.74, 6) is -0.737. The van der Waals surface area contributed by atoms with Crippen molar-refractivity contribution in [3.8, 4) is 0 Å². The van der Waals surface area contributed by atoms with Gasteiger partial charge in [0.15, 0.2) is 0 Å². The van der Waals surface area contributed by atoms with Gasteiger partial charge in [-0.1, -0.05) is 44.2 Å². The highest BCUT2D eigenvalue weighted by Crippen LogP contribution is 2.19. The second-order valence-electron chi connectivity index (χ2n) is 7.18. The molecular formula is C21H27N3O4S. The van der Waals surface area contributed by atoms with Gasteiger partial charge < -0.3 is 10.6 Å². The van der Waals surface area contributed by atoms with Crippen LogP contribution in [0.3, 0.4) is 0 Å². The van der Waals surface area contributed by atoms with Crippen LogP contribution >= 0.6 is 0 Å². The number of benzene rings is 2. The average Bonchev–Trinajstić information content (AvgIpc) is 2.66. The Bertz CT molecular complexity index is 942. The highest BCUT2D eigenvalue weighted by atomic mass is 32.2. The normalized spacial score (nSPS) is 12.6. The second-order valence-corrected chi connectivity index (χ2v) is 9.23. The molecule has 29 heavy (non-hydrogen) atoms. The molecule has 7 nitrogen and oxygen atoms in total. The van der Waals surface area contributed by atoms with Gasteiger partial charge in [0, 0.05) is 26.2 Å². The van der Waals surface area contributed by atoms with Crippen molar-refractivity contribution in [3.63, 3.8) is 0 Å². The number of nitrogens with one attached hydrogen (secondary N) is 2. The van der Waals surface area contributed by atoms with Gasteiger partial charge in [-0.2, -0.15) is 4.31 Å². The molecule has 2 amide bonds. The summed E-state index contributed by atoms with van der Waals surface area (Å²) < 4.78 is 26.8. The molecule has 0 saturated heterocycles. The molecule has 0 saturated carbocycles. The fraction of sp³-hybridized carbons (Fsp3) is 0.333. The van der Waals surface area contributed by atoms with Crippen LogP contribution in [0.1, 0.15) is 26.3 Å². The Hall–Kier alpha value is -2.71. The van der Waals surface area contributed by atoms with E-state index in [0.717, 1.165) is 5.56 Å². The molecule has 0 spiro atoms. The molecule has 0 bridgehead atoms. The molecule has 156 valence electrons. The van der Waals surface area contributed by atoms with E-state index in [2.05, 4.69) is 10.6 Å². The lowest BCUT2D eigenvalue weighted by atomic mass is 10.0. The fourth-order valence-electron chi connectivity index (χ4n) is 2.79. The molecule has 2 rings (SSSR count). The number of hydrogen-bond donors (Lipinski definition) is 2. The predicted octanol–water partition coefficient (Wildman–Crippen LogP) is 2.61. The minimum absolute atomic E-state index is 0.0924. The molecule has 0 heterocycles. The zero-order valence-corrected chi connectivity index (χ0v) is 17.9. The van der Waals surface area contributed by atoms with Crippen LogP contribution in [0.25, 0.3) is 0 Å². The van der Waals surface area contributed by atoms with Crippen LogP contribution in [0.15, 0.2) is 59.5 Å². The summed E-state index contributed by atoms with van der Waals surface area (Å²) in [5.41, 5.74) is 1.34. The van der Waals surface area contributed by atoms with Crippen LogP contribution < -0.4 is 10.6 Å². The second kappa shape index (κ2) is 9.67. The fourth-order valence-corrected chi connectivity index (χ4v) is 3.95. The summed E-state index contributed by atoms with van der Waals surface area (Å²) in [6.45, 7) is 5.28. The molecule has 0 aromatic heterocycles. The smallest absolute Gasteiger partial charge is 0.247 e. The van der Waals surface area contributed by atoms with E-state index in [-0.39, 0.29) is 29.2 Å². The van der Waals surface area contributed by atoms with Gasteiger partial charge in [-0.15, -0.1) is 0 Å². The van der Waals surface area contributed by atoms with Crippen LogP contribution in [0.5, 0.6) is 0 Å². The lowest BCUT2D eigenvalue weighted by Gasteiger charge is -2.21. The summed E-state index contributed by atoms with van der Waals surface area (Å²) in [6, 6.07) is 14.6. The van der Waals surface area contributed by atoms with Crippen molar-refractivity contribution in [2.75, 3.05) is 12.4 Å². The van der Waals surface area contributed by atoms with Crippen molar-refractivity contribution in [3.05, 3.63) is 60.2 Å². The Labute approximate surface area is 172 Å². The molecule has 0 fully saturated rings. The maximum Gasteiger partial charge on any atom is 0.247 e. The van der Waals surface area contributed by atoms with Gasteiger partial charge in [-0.3, -0.25) is 9.59 Å². The van der Waals surface area contributed by atoms with E-state index in [4.69, 9.17) is 0 Å². The molecule has 1 unspecified atom stereocenters. The Balaban J connectivity index is 2.10. The van der Waals surface area contributed by atoms with Crippen molar-refractivity contribution in [2.24, 2.45) is 5.92 Å². The minimum atomic E-state index is -3.66. The van der Waals surface area contributed by atoms with Crippen molar-refractivity contribution in [2.45, 2.75) is 38.3 Å². The number of anilines is 1. The minimum Gasteiger partial charge on any atom is -0.344 e. The quantitative estimate of drug-likeness (QED) is 0.690. The zero-order chi connectivity index (χ0) is 21.6. The Kier molecular flexibility index (Phi) is 7.53. The van der Waals surface area contributed by atoms with Crippen molar-refractivity contribution >= 4 is 27.5 Å². The maximum absolute atomic E-state index is 12.8. The number of carbonyl (C=O) groups excluding carboxylic acids is 2. The van der Waals surface area contributed by atoms with E-state index in [1.165, 1.54) is 42.5 Å². The van der Waals surface area contributed by atoms with Crippen LogP contribution in [-0.4, -0.2) is 37.6 Å². The summed E-state index contributed by atoms with van der Waals surface area (Å²) in [7, 11) is -2.14. The third kappa shape index (κ3) is 6.13. The molecule has 0 aliphatic rings. The largest absolute Gasteiger partial charge is 0.344 e. The standard InChI is InChI=1S/C21H27N3O4S/c1-15(2)20(22-16(3)25)21(26)23-18-10-12-19(13-11-18)29(27,28)24(4)14-17-8-6-5-7-9-17/h5-13,15,20H,14H2,1-4H3,(H,22,25)(H,23,26). The highest BCUT2D eigenvalue weighted by molar-refractivity contribution is 7.89. The topological polar surface area (TPSA) is 95.6 Å². The number of hydrogen-bond acceptors (Lipinski definition) is 4. The molecule has 0 aliphatic carbocycles. The van der Waals surface area contributed by atoms with Crippen LogP contribution in [0.4, 0.5) is 5.69 Å². The predicted molar refractivity (Wildman–Crippen MR) is 113 cm³/mol. The third-order valence-electron chi connectivity index (χ3n) is 4.39. The van der Waals surface area contributed by atoms with E-state index in [1.54, 1.807) is 0 Å². The molecule has 1 atom stereocenters. The number of carbonyl (C=O) groups is 2. The summed E-state index contributed by atoms with van der Waals surface area (Å²) in [4.78, 5) is 23.9. The third-order valence-corrected chi connectivity index (χ3v) is 6.20. The Morgan fingerprint density at radius 3 is 2.10 bits per heavy atom. The van der Waals surface area contributed by atoms with E-state index in [9.17, 15) is 18.0 Å². The number of sulfonamides is 1. The van der Waals surface area contributed by atoms with Crippen LogP contribution in [0, 0.1) is 5.92 Å². The van der Waals surface area contributed by atoms with Crippen LogP contribution in [-0.2, 0) is 26.2 Å². The van der Waals surface area contributed by atoms with Gasteiger partial charge in [0.2, 0.25) is 21.8 Å². The maximum atomic E-state index is 12.8. The molecule has 0 aliphatic heterocycles. The van der Waals surface area contributed by atoms with Gasteiger partial charge in [0.1, 0.15) is 6.04 Å². The number of amides is 2. The first-order chi connectivity index (χ1) is 13.6. The van der Waals surface area contributed by atoms with Gasteiger partial charge in [0.05, 0.1) is 4.90 Å². The first-order valence-electron chi connectivity index (χ1n) is 9.29. The molecule has 2 N–H and O–H groups in total. The Morgan fingerprint density at radius 2 is 1.59 bits per heavy atom. The lowest BCUT2D eigenvalue weighted by Crippen LogP contribution is -2.46. The molecule has 2 aromatic carbocycles. The van der Waals surface area contributed by atoms with Crippen molar-refractivity contribution in [1.82, 2.24) is 9.62 Å². The summed E-state index contributed by atoms with van der Waals surface area (Å²) in [6.07, 6.45) is 0. The summed E-state index contributed by atoms with van der Waals surface area (Å²) in [5, 5.41) is 5.33. The number of rotatable bonds is 8. The van der Waals surface area contributed by atoms with Crippen LogP contribution in [0.2, 0.25) is 0 Å². The van der Waals surface area contributed by atoms with Crippen molar-refractivity contribution < 1.29 is 18.0 Å².